The number of hydrogen-bond donors (Lipinski definition) is 2. The fourth-order valence-corrected chi connectivity index (χ4v) is 4.96. The van der Waals surface area contributed by atoms with Gasteiger partial charge in [-0.1, -0.05) is 45.9 Å². The number of amides is 2. The lowest BCUT2D eigenvalue weighted by atomic mass is 9.88. The van der Waals surface area contributed by atoms with E-state index in [9.17, 15) is 9.59 Å². The maximum absolute atomic E-state index is 13.3. The first kappa shape index (κ1) is 20.6. The van der Waals surface area contributed by atoms with Crippen LogP contribution in [0.3, 0.4) is 0 Å². The molecule has 1 aromatic carbocycles. The third-order valence-electron chi connectivity index (χ3n) is 5.37. The normalized spacial score (nSPS) is 16.4. The third kappa shape index (κ3) is 4.14. The molecule has 0 aliphatic heterocycles. The molecule has 0 saturated heterocycles. The van der Waals surface area contributed by atoms with Crippen LogP contribution in [0.5, 0.6) is 0 Å². The Morgan fingerprint density at radius 2 is 1.75 bits per heavy atom. The number of rotatable bonds is 3. The van der Waals surface area contributed by atoms with Crippen LogP contribution in [0.15, 0.2) is 18.2 Å². The van der Waals surface area contributed by atoms with Crippen LogP contribution in [0, 0.1) is 25.2 Å². The Kier molecular flexibility index (Phi) is 5.67. The summed E-state index contributed by atoms with van der Waals surface area (Å²) in [6.07, 6.45) is 2.92. The molecular weight excluding hydrogens is 368 g/mol. The van der Waals surface area contributed by atoms with Gasteiger partial charge in [0.1, 0.15) is 5.00 Å². The van der Waals surface area contributed by atoms with E-state index in [2.05, 4.69) is 17.6 Å². The van der Waals surface area contributed by atoms with Crippen molar-refractivity contribution >= 4 is 33.8 Å². The van der Waals surface area contributed by atoms with E-state index in [1.54, 1.807) is 11.3 Å². The molecule has 150 valence electrons. The van der Waals surface area contributed by atoms with Crippen LogP contribution >= 0.6 is 11.3 Å². The minimum absolute atomic E-state index is 0.0692. The van der Waals surface area contributed by atoms with Gasteiger partial charge in [0.2, 0.25) is 5.91 Å². The highest BCUT2D eigenvalue weighted by molar-refractivity contribution is 7.17. The van der Waals surface area contributed by atoms with Crippen molar-refractivity contribution in [1.29, 1.82) is 0 Å². The van der Waals surface area contributed by atoms with Crippen LogP contribution in [-0.4, -0.2) is 11.8 Å². The Hall–Kier alpha value is -2.14. The van der Waals surface area contributed by atoms with Crippen molar-refractivity contribution in [2.75, 3.05) is 10.6 Å². The molecule has 2 aromatic rings. The Balaban J connectivity index is 2.00. The van der Waals surface area contributed by atoms with E-state index < -0.39 is 5.41 Å². The first-order valence-electron chi connectivity index (χ1n) is 9.91. The maximum atomic E-state index is 13.3. The van der Waals surface area contributed by atoms with Gasteiger partial charge in [-0.05, 0) is 55.7 Å². The lowest BCUT2D eigenvalue weighted by molar-refractivity contribution is -0.123. The Morgan fingerprint density at radius 3 is 2.36 bits per heavy atom. The Bertz CT molecular complexity index is 901. The standard InChI is InChI=1S/C23H30N2O2S/c1-13-10-11-16-17(12-13)28-21(25-22(27)23(4,5)6)18(16)20(26)24-19-14(2)8-7-9-15(19)3/h7-9,13H,10-12H2,1-6H3,(H,24,26)(H,25,27). The summed E-state index contributed by atoms with van der Waals surface area (Å²) in [5.74, 6) is 0.403. The summed E-state index contributed by atoms with van der Waals surface area (Å²) in [6.45, 7) is 11.9. The molecule has 1 aromatic heterocycles. The summed E-state index contributed by atoms with van der Waals surface area (Å²) >= 11 is 1.56. The van der Waals surface area contributed by atoms with Crippen LogP contribution < -0.4 is 10.6 Å². The van der Waals surface area contributed by atoms with Crippen molar-refractivity contribution in [3.8, 4) is 0 Å². The predicted molar refractivity (Wildman–Crippen MR) is 117 cm³/mol. The first-order chi connectivity index (χ1) is 13.1. The van der Waals surface area contributed by atoms with Crippen LogP contribution in [0.2, 0.25) is 0 Å². The minimum atomic E-state index is -0.516. The molecule has 0 spiro atoms. The molecule has 1 aliphatic carbocycles. The number of carbonyl (C=O) groups is 2. The second-order valence-electron chi connectivity index (χ2n) is 8.98. The molecule has 0 bridgehead atoms. The average Bonchev–Trinajstić information content (AvgIpc) is 2.94. The van der Waals surface area contributed by atoms with Gasteiger partial charge < -0.3 is 10.6 Å². The molecule has 1 heterocycles. The Morgan fingerprint density at radius 1 is 1.11 bits per heavy atom. The number of aryl methyl sites for hydroxylation is 2. The number of hydrogen-bond acceptors (Lipinski definition) is 3. The van der Waals surface area contributed by atoms with Gasteiger partial charge in [-0.3, -0.25) is 9.59 Å². The lowest BCUT2D eigenvalue weighted by Crippen LogP contribution is -2.28. The van der Waals surface area contributed by atoms with Crippen molar-refractivity contribution in [2.45, 2.75) is 60.8 Å². The SMILES string of the molecule is Cc1cccc(C)c1NC(=O)c1c(NC(=O)C(C)(C)C)sc2c1CCC(C)C2. The van der Waals surface area contributed by atoms with Crippen molar-refractivity contribution in [3.63, 3.8) is 0 Å². The van der Waals surface area contributed by atoms with Gasteiger partial charge in [0.15, 0.2) is 0 Å². The topological polar surface area (TPSA) is 58.2 Å². The molecule has 28 heavy (non-hydrogen) atoms. The van der Waals surface area contributed by atoms with E-state index in [0.29, 0.717) is 16.5 Å². The fourth-order valence-electron chi connectivity index (χ4n) is 3.56. The zero-order valence-corrected chi connectivity index (χ0v) is 18.5. The summed E-state index contributed by atoms with van der Waals surface area (Å²) < 4.78 is 0. The van der Waals surface area contributed by atoms with Gasteiger partial charge in [-0.2, -0.15) is 0 Å². The summed E-state index contributed by atoms with van der Waals surface area (Å²) in [7, 11) is 0. The monoisotopic (exact) mass is 398 g/mol. The number of para-hydroxylation sites is 1. The van der Waals surface area contributed by atoms with Gasteiger partial charge in [0, 0.05) is 16.0 Å². The zero-order chi connectivity index (χ0) is 20.6. The summed E-state index contributed by atoms with van der Waals surface area (Å²) in [6, 6.07) is 5.98. The first-order valence-corrected chi connectivity index (χ1v) is 10.7. The van der Waals surface area contributed by atoms with Gasteiger partial charge in [-0.25, -0.2) is 0 Å². The van der Waals surface area contributed by atoms with Crippen molar-refractivity contribution in [3.05, 3.63) is 45.3 Å². The Labute approximate surface area is 171 Å². The molecule has 1 atom stereocenters. The number of anilines is 2. The lowest BCUT2D eigenvalue weighted by Gasteiger charge is -2.20. The van der Waals surface area contributed by atoms with Crippen LogP contribution in [0.4, 0.5) is 10.7 Å². The summed E-state index contributed by atoms with van der Waals surface area (Å²) in [5.41, 5.74) is 4.16. The molecular formula is C23H30N2O2S. The van der Waals surface area contributed by atoms with E-state index >= 15 is 0 Å². The number of thiophene rings is 1. The molecule has 4 nitrogen and oxygen atoms in total. The van der Waals surface area contributed by atoms with Crippen LogP contribution in [0.25, 0.3) is 0 Å². The highest BCUT2D eigenvalue weighted by Gasteiger charge is 2.30. The quantitative estimate of drug-likeness (QED) is 0.694. The average molecular weight is 399 g/mol. The van der Waals surface area contributed by atoms with E-state index in [4.69, 9.17) is 0 Å². The molecule has 0 saturated carbocycles. The molecule has 0 fully saturated rings. The molecule has 1 aliphatic rings. The number of fused-ring (bicyclic) bond motifs is 1. The molecule has 2 N–H and O–H groups in total. The molecule has 5 heteroatoms. The van der Waals surface area contributed by atoms with E-state index in [0.717, 1.165) is 41.6 Å². The van der Waals surface area contributed by atoms with Crippen molar-refractivity contribution in [2.24, 2.45) is 11.3 Å². The van der Waals surface area contributed by atoms with Gasteiger partial charge in [0.05, 0.1) is 5.56 Å². The molecule has 0 radical (unpaired) electrons. The van der Waals surface area contributed by atoms with Crippen LogP contribution in [-0.2, 0) is 17.6 Å². The van der Waals surface area contributed by atoms with Crippen molar-refractivity contribution in [1.82, 2.24) is 0 Å². The second-order valence-corrected chi connectivity index (χ2v) is 10.1. The van der Waals surface area contributed by atoms with Gasteiger partial charge >= 0.3 is 0 Å². The van der Waals surface area contributed by atoms with E-state index in [-0.39, 0.29) is 11.8 Å². The van der Waals surface area contributed by atoms with E-state index in [1.165, 1.54) is 4.88 Å². The maximum Gasteiger partial charge on any atom is 0.258 e. The predicted octanol–water partition coefficient (Wildman–Crippen LogP) is 5.73. The third-order valence-corrected chi connectivity index (χ3v) is 6.54. The largest absolute Gasteiger partial charge is 0.321 e. The van der Waals surface area contributed by atoms with Gasteiger partial charge in [-0.15, -0.1) is 11.3 Å². The molecule has 3 rings (SSSR count). The van der Waals surface area contributed by atoms with Gasteiger partial charge in [0.25, 0.3) is 5.91 Å². The van der Waals surface area contributed by atoms with Crippen LogP contribution in [0.1, 0.15) is 66.0 Å². The van der Waals surface area contributed by atoms with E-state index in [1.807, 2.05) is 52.8 Å². The molecule has 2 amide bonds. The highest BCUT2D eigenvalue weighted by atomic mass is 32.1. The minimum Gasteiger partial charge on any atom is -0.321 e. The summed E-state index contributed by atoms with van der Waals surface area (Å²) in [5, 5.41) is 6.83. The number of benzene rings is 1. The molecule has 1 unspecified atom stereocenters. The highest BCUT2D eigenvalue weighted by Crippen LogP contribution is 2.40. The smallest absolute Gasteiger partial charge is 0.258 e. The van der Waals surface area contributed by atoms with Crippen molar-refractivity contribution < 1.29 is 9.59 Å². The fraction of sp³-hybridized carbons (Fsp3) is 0.478. The zero-order valence-electron chi connectivity index (χ0n) is 17.7. The number of carbonyl (C=O) groups excluding carboxylic acids is 2. The second kappa shape index (κ2) is 7.70. The number of nitrogens with one attached hydrogen (secondary N) is 2. The summed E-state index contributed by atoms with van der Waals surface area (Å²) in [4.78, 5) is 27.2.